The van der Waals surface area contributed by atoms with Gasteiger partial charge in [-0.1, -0.05) is 49.6 Å². The van der Waals surface area contributed by atoms with Crippen molar-refractivity contribution in [1.29, 1.82) is 0 Å². The van der Waals surface area contributed by atoms with E-state index in [1.165, 1.54) is 48.7 Å². The van der Waals surface area contributed by atoms with E-state index < -0.39 is 6.29 Å². The van der Waals surface area contributed by atoms with E-state index in [1.54, 1.807) is 0 Å². The van der Waals surface area contributed by atoms with Gasteiger partial charge >= 0.3 is 0 Å². The highest BCUT2D eigenvalue weighted by atomic mass is 16.6. The van der Waals surface area contributed by atoms with Crippen LogP contribution in [0.2, 0.25) is 0 Å². The molecule has 1 N–H and O–H groups in total. The molecule has 4 aliphatic rings. The minimum absolute atomic E-state index is 0.0481. The minimum atomic E-state index is -0.744. The maximum absolute atomic E-state index is 11.0. The van der Waals surface area contributed by atoms with Gasteiger partial charge in [0.25, 0.3) is 0 Å². The first-order valence-corrected chi connectivity index (χ1v) is 11.7. The van der Waals surface area contributed by atoms with Crippen LogP contribution in [0.15, 0.2) is 25.3 Å². The molecule has 2 nitrogen and oxygen atoms in total. The first kappa shape index (κ1) is 21.2. The molecule has 164 valence electrons. The van der Waals surface area contributed by atoms with Gasteiger partial charge in [0.2, 0.25) is 0 Å². The zero-order valence-corrected chi connectivity index (χ0v) is 19.5. The van der Waals surface area contributed by atoms with Crippen LogP contribution in [0.25, 0.3) is 36.5 Å². The molecule has 2 aromatic rings. The van der Waals surface area contributed by atoms with Crippen molar-refractivity contribution >= 4 is 36.5 Å². The molecule has 0 saturated carbocycles. The second-order valence-corrected chi connectivity index (χ2v) is 9.08. The standard InChI is InChI=1S/C30H32O2/c1-7-16-13-18(9-3)23-25(20(16)11-5)29-26-21(12-6)17(8-2)14-19(10-4)24(26)27(23)22-15-32-30(31)28(22)29/h7-14,22,27-31H,1,4,15H2,2-3,5-6H3/b17-8+,18-9+,20-11-,21-12-. The second kappa shape index (κ2) is 7.72. The lowest BCUT2D eigenvalue weighted by atomic mass is 9.53. The van der Waals surface area contributed by atoms with Crippen molar-refractivity contribution in [3.05, 3.63) is 79.5 Å². The van der Waals surface area contributed by atoms with Crippen LogP contribution in [0.3, 0.4) is 0 Å². The maximum atomic E-state index is 11.0. The van der Waals surface area contributed by atoms with Crippen molar-refractivity contribution in [2.45, 2.75) is 45.8 Å². The molecule has 5 unspecified atom stereocenters. The lowest BCUT2D eigenvalue weighted by Crippen LogP contribution is -2.51. The second-order valence-electron chi connectivity index (χ2n) is 9.08. The quantitative estimate of drug-likeness (QED) is 0.801. The summed E-state index contributed by atoms with van der Waals surface area (Å²) in [4.78, 5) is 0. The van der Waals surface area contributed by atoms with Crippen LogP contribution in [-0.4, -0.2) is 18.0 Å². The van der Waals surface area contributed by atoms with Crippen molar-refractivity contribution in [3.8, 4) is 0 Å². The van der Waals surface area contributed by atoms with Crippen LogP contribution in [0, 0.1) is 11.8 Å². The summed E-state index contributed by atoms with van der Waals surface area (Å²) in [6.07, 6.45) is 12.1. The fourth-order valence-electron chi connectivity index (χ4n) is 6.86. The summed E-state index contributed by atoms with van der Waals surface area (Å²) in [5.74, 6) is 0.551. The van der Waals surface area contributed by atoms with Crippen LogP contribution in [0.5, 0.6) is 0 Å². The fraction of sp³-hybridized carbons (Fsp3) is 0.333. The van der Waals surface area contributed by atoms with E-state index in [-0.39, 0.29) is 23.7 Å². The minimum Gasteiger partial charge on any atom is -0.368 e. The molecule has 2 bridgehead atoms. The molecule has 6 rings (SSSR count). The molecule has 5 atom stereocenters. The van der Waals surface area contributed by atoms with Crippen LogP contribution >= 0.6 is 0 Å². The Balaban J connectivity index is 2.07. The number of hydrogen-bond donors (Lipinski definition) is 1. The summed E-state index contributed by atoms with van der Waals surface area (Å²) in [5, 5.41) is 16.0. The zero-order chi connectivity index (χ0) is 22.7. The lowest BCUT2D eigenvalue weighted by molar-refractivity contribution is -0.0859. The molecule has 0 aromatic heterocycles. The van der Waals surface area contributed by atoms with E-state index in [4.69, 9.17) is 4.74 Å². The van der Waals surface area contributed by atoms with Crippen LogP contribution in [0.1, 0.15) is 72.9 Å². The fourth-order valence-corrected chi connectivity index (χ4v) is 6.86. The number of hydrogen-bond acceptors (Lipinski definition) is 2. The van der Waals surface area contributed by atoms with Crippen LogP contribution < -0.4 is 20.9 Å². The van der Waals surface area contributed by atoms with Gasteiger partial charge < -0.3 is 9.84 Å². The molecule has 0 amide bonds. The Kier molecular flexibility index (Phi) is 5.11. The van der Waals surface area contributed by atoms with Crippen molar-refractivity contribution in [2.24, 2.45) is 11.8 Å². The third-order valence-corrected chi connectivity index (χ3v) is 8.01. The Morgan fingerprint density at radius 1 is 0.781 bits per heavy atom. The van der Waals surface area contributed by atoms with Gasteiger partial charge in [0, 0.05) is 23.7 Å². The van der Waals surface area contributed by atoms with Crippen LogP contribution in [-0.2, 0) is 4.74 Å². The number of aliphatic hydroxyl groups excluding tert-OH is 1. The Morgan fingerprint density at radius 2 is 1.41 bits per heavy atom. The van der Waals surface area contributed by atoms with E-state index in [1.807, 2.05) is 12.2 Å². The zero-order valence-electron chi connectivity index (χ0n) is 19.5. The monoisotopic (exact) mass is 424 g/mol. The highest BCUT2D eigenvalue weighted by molar-refractivity contribution is 5.70. The SMILES string of the molecule is C=Cc1cc(=C\C)/c(=C/C)c2c1C1c3c(/c(=C\C)c(C=C)c/c3=C\C)C2C2C(O)OCC12. The molecule has 1 fully saturated rings. The van der Waals surface area contributed by atoms with Gasteiger partial charge in [0.15, 0.2) is 6.29 Å². The van der Waals surface area contributed by atoms with Gasteiger partial charge in [0.1, 0.15) is 0 Å². The number of rotatable bonds is 2. The average molecular weight is 425 g/mol. The van der Waals surface area contributed by atoms with Gasteiger partial charge in [-0.05, 0) is 94.1 Å². The first-order valence-electron chi connectivity index (χ1n) is 11.7. The third kappa shape index (κ3) is 2.54. The van der Waals surface area contributed by atoms with E-state index in [0.717, 1.165) is 5.56 Å². The molecular formula is C30H32O2. The van der Waals surface area contributed by atoms with Gasteiger partial charge in [-0.3, -0.25) is 0 Å². The molecule has 0 radical (unpaired) electrons. The van der Waals surface area contributed by atoms with Gasteiger partial charge in [0.05, 0.1) is 6.61 Å². The average Bonchev–Trinajstić information content (AvgIpc) is 3.23. The summed E-state index contributed by atoms with van der Waals surface area (Å²) >= 11 is 0. The first-order chi connectivity index (χ1) is 15.6. The van der Waals surface area contributed by atoms with E-state index in [0.29, 0.717) is 6.61 Å². The summed E-state index contributed by atoms with van der Waals surface area (Å²) in [6.45, 7) is 17.3. The molecule has 2 heteroatoms. The van der Waals surface area contributed by atoms with Gasteiger partial charge in [-0.2, -0.15) is 0 Å². The largest absolute Gasteiger partial charge is 0.368 e. The molecule has 32 heavy (non-hydrogen) atoms. The predicted molar refractivity (Wildman–Crippen MR) is 135 cm³/mol. The number of ether oxygens (including phenoxy) is 1. The van der Waals surface area contributed by atoms with Crippen LogP contribution in [0.4, 0.5) is 0 Å². The van der Waals surface area contributed by atoms with E-state index >= 15 is 0 Å². The topological polar surface area (TPSA) is 29.5 Å². The molecule has 1 saturated heterocycles. The molecular weight excluding hydrogens is 392 g/mol. The number of benzene rings is 2. The van der Waals surface area contributed by atoms with Gasteiger partial charge in [-0.25, -0.2) is 0 Å². The summed E-state index contributed by atoms with van der Waals surface area (Å²) in [7, 11) is 0. The molecule has 0 spiro atoms. The molecule has 3 aliphatic carbocycles. The Hall–Kier alpha value is -2.68. The molecule has 2 aromatic carbocycles. The lowest BCUT2D eigenvalue weighted by Gasteiger charge is -2.49. The number of aliphatic hydroxyl groups is 1. The highest BCUT2D eigenvalue weighted by Gasteiger charge is 2.57. The maximum Gasteiger partial charge on any atom is 0.158 e. The molecule has 1 heterocycles. The summed E-state index contributed by atoms with van der Waals surface area (Å²) in [5.41, 5.74) is 7.85. The highest BCUT2D eigenvalue weighted by Crippen LogP contribution is 2.59. The Labute approximate surface area is 190 Å². The Bertz CT molecular complexity index is 1390. The molecule has 1 aliphatic heterocycles. The Morgan fingerprint density at radius 3 is 2.00 bits per heavy atom. The van der Waals surface area contributed by atoms with Crippen molar-refractivity contribution in [1.82, 2.24) is 0 Å². The van der Waals surface area contributed by atoms with Crippen molar-refractivity contribution < 1.29 is 9.84 Å². The smallest absolute Gasteiger partial charge is 0.158 e. The van der Waals surface area contributed by atoms with Crippen molar-refractivity contribution in [3.63, 3.8) is 0 Å². The van der Waals surface area contributed by atoms with Crippen molar-refractivity contribution in [2.75, 3.05) is 6.61 Å². The third-order valence-electron chi connectivity index (χ3n) is 8.01. The van der Waals surface area contributed by atoms with E-state index in [9.17, 15) is 5.11 Å². The normalized spacial score (nSPS) is 29.8. The van der Waals surface area contributed by atoms with E-state index in [2.05, 4.69) is 77.3 Å². The summed E-state index contributed by atoms with van der Waals surface area (Å²) in [6, 6.07) is 4.56. The predicted octanol–water partition coefficient (Wildman–Crippen LogP) is 3.35. The van der Waals surface area contributed by atoms with Gasteiger partial charge in [-0.15, -0.1) is 0 Å². The summed E-state index contributed by atoms with van der Waals surface area (Å²) < 4.78 is 5.92.